The van der Waals surface area contributed by atoms with Crippen LogP contribution in [0, 0.1) is 11.6 Å². The molecule has 1 aromatic heterocycles. The summed E-state index contributed by atoms with van der Waals surface area (Å²) >= 11 is 6.31. The number of nitrogens with zero attached hydrogens (tertiary/aromatic N) is 3. The van der Waals surface area contributed by atoms with Gasteiger partial charge in [-0.1, -0.05) is 31.9 Å². The van der Waals surface area contributed by atoms with Crippen LogP contribution in [-0.2, 0) is 11.9 Å². The number of hydrogen-bond acceptors (Lipinski definition) is 2. The molecular weight excluding hydrogens is 372 g/mol. The third-order valence-electron chi connectivity index (χ3n) is 2.49. The minimum absolute atomic E-state index is 0.153. The Hall–Kier alpha value is -0.820. The molecule has 0 saturated heterocycles. The van der Waals surface area contributed by atoms with E-state index in [4.69, 9.17) is 0 Å². The zero-order valence-electron chi connectivity index (χ0n) is 9.42. The van der Waals surface area contributed by atoms with E-state index in [0.29, 0.717) is 22.2 Å². The monoisotopic (exact) mass is 379 g/mol. The molecule has 1 aromatic carbocycles. The van der Waals surface area contributed by atoms with E-state index < -0.39 is 11.6 Å². The molecule has 18 heavy (non-hydrogen) atoms. The zero-order valence-corrected chi connectivity index (χ0v) is 12.6. The maximum absolute atomic E-state index is 13.9. The second-order valence-electron chi connectivity index (χ2n) is 3.56. The van der Waals surface area contributed by atoms with Crippen LogP contribution in [0.3, 0.4) is 0 Å². The van der Waals surface area contributed by atoms with E-state index in [-0.39, 0.29) is 11.4 Å². The number of rotatable bonds is 3. The largest absolute Gasteiger partial charge is 0.310 e. The predicted molar refractivity (Wildman–Crippen MR) is 71.4 cm³/mol. The van der Waals surface area contributed by atoms with Crippen molar-refractivity contribution in [3.63, 3.8) is 0 Å². The lowest BCUT2D eigenvalue weighted by molar-refractivity contribution is 0.582. The van der Waals surface area contributed by atoms with E-state index in [1.54, 1.807) is 4.57 Å². The van der Waals surface area contributed by atoms with Gasteiger partial charge < -0.3 is 4.57 Å². The van der Waals surface area contributed by atoms with Gasteiger partial charge in [0.2, 0.25) is 0 Å². The number of hydrogen-bond donors (Lipinski definition) is 0. The molecule has 0 spiro atoms. The second-order valence-corrected chi connectivity index (χ2v) is 5.04. The van der Waals surface area contributed by atoms with Gasteiger partial charge in [-0.3, -0.25) is 0 Å². The van der Waals surface area contributed by atoms with Crippen molar-refractivity contribution in [2.24, 2.45) is 0 Å². The Bertz CT molecular complexity index is 561. The molecule has 0 fully saturated rings. The fraction of sp³-hybridized carbons (Fsp3) is 0.273. The van der Waals surface area contributed by atoms with E-state index >= 15 is 0 Å². The van der Waals surface area contributed by atoms with Gasteiger partial charge in [0.15, 0.2) is 5.82 Å². The summed E-state index contributed by atoms with van der Waals surface area (Å²) in [4.78, 5) is 0. The van der Waals surface area contributed by atoms with Crippen LogP contribution in [0.15, 0.2) is 16.6 Å². The van der Waals surface area contributed by atoms with E-state index in [9.17, 15) is 8.78 Å². The molecular formula is C11H9Br2F2N3. The molecule has 0 atom stereocenters. The zero-order chi connectivity index (χ0) is 13.3. The lowest BCUT2D eigenvalue weighted by Crippen LogP contribution is -2.04. The van der Waals surface area contributed by atoms with Crippen molar-refractivity contribution < 1.29 is 8.78 Å². The van der Waals surface area contributed by atoms with Crippen molar-refractivity contribution in [2.75, 3.05) is 0 Å². The Labute approximate surface area is 119 Å². The smallest absolute Gasteiger partial charge is 0.169 e. The lowest BCUT2D eigenvalue weighted by Gasteiger charge is -2.08. The summed E-state index contributed by atoms with van der Waals surface area (Å²) < 4.78 is 29.7. The van der Waals surface area contributed by atoms with Gasteiger partial charge in [-0.2, -0.15) is 0 Å². The first-order valence-corrected chi connectivity index (χ1v) is 7.12. The predicted octanol–water partition coefficient (Wildman–Crippen LogP) is 3.90. The van der Waals surface area contributed by atoms with Crippen LogP contribution in [0.1, 0.15) is 12.7 Å². The quantitative estimate of drug-likeness (QED) is 0.756. The van der Waals surface area contributed by atoms with Crippen LogP contribution in [0.25, 0.3) is 11.4 Å². The molecule has 0 unspecified atom stereocenters. The fourth-order valence-electron chi connectivity index (χ4n) is 1.71. The standard InChI is InChI=1S/C11H9Br2F2N3/c1-2-18-9(5-12)16-17-11(18)10-7(14)3-6(13)4-8(10)15/h3-4H,2,5H2,1H3. The highest BCUT2D eigenvalue weighted by Crippen LogP contribution is 2.28. The number of benzene rings is 1. The molecule has 0 saturated carbocycles. The topological polar surface area (TPSA) is 30.7 Å². The van der Waals surface area contributed by atoms with Crippen molar-refractivity contribution in [1.82, 2.24) is 14.8 Å². The summed E-state index contributed by atoms with van der Waals surface area (Å²) in [6.07, 6.45) is 0. The average molecular weight is 381 g/mol. The molecule has 0 aliphatic rings. The Balaban J connectivity index is 2.66. The highest BCUT2D eigenvalue weighted by molar-refractivity contribution is 9.10. The minimum Gasteiger partial charge on any atom is -0.310 e. The maximum atomic E-state index is 13.9. The van der Waals surface area contributed by atoms with E-state index in [2.05, 4.69) is 42.1 Å². The van der Waals surface area contributed by atoms with Crippen LogP contribution >= 0.6 is 31.9 Å². The molecule has 0 bridgehead atoms. The molecule has 0 aliphatic heterocycles. The van der Waals surface area contributed by atoms with Crippen LogP contribution < -0.4 is 0 Å². The first kappa shape index (κ1) is 13.6. The Morgan fingerprint density at radius 3 is 2.33 bits per heavy atom. The summed E-state index contributed by atoms with van der Waals surface area (Å²) in [5, 5.41) is 8.25. The van der Waals surface area contributed by atoms with Crippen molar-refractivity contribution in [2.45, 2.75) is 18.8 Å². The van der Waals surface area contributed by atoms with Gasteiger partial charge in [0, 0.05) is 11.0 Å². The highest BCUT2D eigenvalue weighted by atomic mass is 79.9. The molecule has 0 amide bonds. The lowest BCUT2D eigenvalue weighted by atomic mass is 10.2. The summed E-state index contributed by atoms with van der Waals surface area (Å²) in [5.41, 5.74) is -0.153. The molecule has 2 aromatic rings. The van der Waals surface area contributed by atoms with Gasteiger partial charge in [0.1, 0.15) is 17.5 Å². The molecule has 1 heterocycles. The normalized spacial score (nSPS) is 10.9. The van der Waals surface area contributed by atoms with E-state index in [0.717, 1.165) is 0 Å². The molecule has 96 valence electrons. The van der Waals surface area contributed by atoms with Gasteiger partial charge >= 0.3 is 0 Å². The maximum Gasteiger partial charge on any atom is 0.169 e. The fourth-order valence-corrected chi connectivity index (χ4v) is 2.52. The van der Waals surface area contributed by atoms with Gasteiger partial charge in [0.05, 0.1) is 10.9 Å². The summed E-state index contributed by atoms with van der Waals surface area (Å²) in [6, 6.07) is 2.42. The van der Waals surface area contributed by atoms with Gasteiger partial charge in [-0.25, -0.2) is 8.78 Å². The molecule has 0 radical (unpaired) electrons. The first-order chi connectivity index (χ1) is 8.58. The second kappa shape index (κ2) is 5.44. The third kappa shape index (κ3) is 2.33. The Morgan fingerprint density at radius 1 is 1.22 bits per heavy atom. The summed E-state index contributed by atoms with van der Waals surface area (Å²) in [5.74, 6) is -0.487. The van der Waals surface area contributed by atoms with Gasteiger partial charge in [-0.05, 0) is 19.1 Å². The number of halogens is 4. The van der Waals surface area contributed by atoms with Crippen molar-refractivity contribution in [1.29, 1.82) is 0 Å². The van der Waals surface area contributed by atoms with Crippen LogP contribution in [0.2, 0.25) is 0 Å². The molecule has 2 rings (SSSR count). The molecule has 7 heteroatoms. The first-order valence-electron chi connectivity index (χ1n) is 5.21. The van der Waals surface area contributed by atoms with Gasteiger partial charge in [-0.15, -0.1) is 10.2 Å². The molecule has 3 nitrogen and oxygen atoms in total. The highest BCUT2D eigenvalue weighted by Gasteiger charge is 2.20. The van der Waals surface area contributed by atoms with Crippen molar-refractivity contribution in [3.05, 3.63) is 34.1 Å². The minimum atomic E-state index is -0.662. The van der Waals surface area contributed by atoms with Crippen LogP contribution in [0.4, 0.5) is 8.78 Å². The van der Waals surface area contributed by atoms with E-state index in [1.165, 1.54) is 12.1 Å². The third-order valence-corrected chi connectivity index (χ3v) is 3.45. The molecule has 0 N–H and O–H groups in total. The van der Waals surface area contributed by atoms with Crippen molar-refractivity contribution >= 4 is 31.9 Å². The number of alkyl halides is 1. The van der Waals surface area contributed by atoms with Gasteiger partial charge in [0.25, 0.3) is 0 Å². The molecule has 0 aliphatic carbocycles. The Kier molecular flexibility index (Phi) is 4.11. The average Bonchev–Trinajstić information content (AvgIpc) is 2.70. The number of aromatic nitrogens is 3. The summed E-state index contributed by atoms with van der Waals surface area (Å²) in [6.45, 7) is 2.41. The van der Waals surface area contributed by atoms with Crippen molar-refractivity contribution in [3.8, 4) is 11.4 Å². The Morgan fingerprint density at radius 2 is 1.83 bits per heavy atom. The van der Waals surface area contributed by atoms with Crippen LogP contribution in [0.5, 0.6) is 0 Å². The SMILES string of the molecule is CCn1c(CBr)nnc1-c1c(F)cc(Br)cc1F. The van der Waals surface area contributed by atoms with Crippen LogP contribution in [-0.4, -0.2) is 14.8 Å². The summed E-state index contributed by atoms with van der Waals surface area (Å²) in [7, 11) is 0. The van der Waals surface area contributed by atoms with E-state index in [1.807, 2.05) is 6.92 Å².